The van der Waals surface area contributed by atoms with Gasteiger partial charge in [-0.15, -0.1) is 23.1 Å². The van der Waals surface area contributed by atoms with Gasteiger partial charge in [0.05, 0.1) is 35.8 Å². The van der Waals surface area contributed by atoms with Gasteiger partial charge in [0.1, 0.15) is 0 Å². The van der Waals surface area contributed by atoms with Gasteiger partial charge >= 0.3 is 5.97 Å². The number of aliphatic hydroxyl groups excluding tert-OH is 1. The van der Waals surface area contributed by atoms with Crippen molar-refractivity contribution in [2.75, 3.05) is 19.0 Å². The molecule has 1 aliphatic rings. The number of rotatable bonds is 9. The molecule has 1 aliphatic heterocycles. The normalized spacial score (nSPS) is 14.1. The molecule has 3 rings (SSSR count). The van der Waals surface area contributed by atoms with Crippen LogP contribution in [-0.4, -0.2) is 46.8 Å². The van der Waals surface area contributed by atoms with Crippen LogP contribution < -0.4 is 0 Å². The van der Waals surface area contributed by atoms with Crippen LogP contribution in [0.5, 0.6) is 0 Å². The highest BCUT2D eigenvalue weighted by Crippen LogP contribution is 2.38. The van der Waals surface area contributed by atoms with Gasteiger partial charge in [0, 0.05) is 10.6 Å². The van der Waals surface area contributed by atoms with Crippen molar-refractivity contribution in [3.8, 4) is 0 Å². The summed E-state index contributed by atoms with van der Waals surface area (Å²) in [4.78, 5) is 40.1. The number of hydrogen-bond donors (Lipinski definition) is 1. The van der Waals surface area contributed by atoms with E-state index in [1.807, 2.05) is 24.4 Å². The van der Waals surface area contributed by atoms with E-state index in [1.165, 1.54) is 28.0 Å². The van der Waals surface area contributed by atoms with Crippen LogP contribution in [-0.2, 0) is 20.9 Å². The molecule has 1 aromatic carbocycles. The van der Waals surface area contributed by atoms with Crippen LogP contribution >= 0.6 is 23.1 Å². The molecular formula is C21H21NO5S2. The van der Waals surface area contributed by atoms with E-state index >= 15 is 0 Å². The van der Waals surface area contributed by atoms with Gasteiger partial charge in [0.15, 0.2) is 0 Å². The van der Waals surface area contributed by atoms with E-state index in [2.05, 4.69) is 0 Å². The lowest BCUT2D eigenvalue weighted by atomic mass is 10.1. The molecule has 0 unspecified atom stereocenters. The maximum absolute atomic E-state index is 13.0. The second-order valence-electron chi connectivity index (χ2n) is 6.28. The third-order valence-electron chi connectivity index (χ3n) is 4.20. The molecule has 152 valence electrons. The van der Waals surface area contributed by atoms with Crippen molar-refractivity contribution in [2.45, 2.75) is 19.9 Å². The molecule has 0 saturated heterocycles. The van der Waals surface area contributed by atoms with Gasteiger partial charge in [0.2, 0.25) is 0 Å². The second-order valence-corrected chi connectivity index (χ2v) is 8.34. The lowest BCUT2D eigenvalue weighted by Gasteiger charge is -2.15. The summed E-state index contributed by atoms with van der Waals surface area (Å²) in [7, 11) is 0. The van der Waals surface area contributed by atoms with Crippen molar-refractivity contribution in [1.29, 1.82) is 0 Å². The topological polar surface area (TPSA) is 83.9 Å². The van der Waals surface area contributed by atoms with E-state index in [1.54, 1.807) is 24.3 Å². The zero-order valence-corrected chi connectivity index (χ0v) is 17.6. The Morgan fingerprint density at radius 3 is 2.55 bits per heavy atom. The fraction of sp³-hybridized carbons (Fsp3) is 0.286. The van der Waals surface area contributed by atoms with Crippen LogP contribution in [0.2, 0.25) is 0 Å². The highest BCUT2D eigenvalue weighted by atomic mass is 32.2. The van der Waals surface area contributed by atoms with Crippen molar-refractivity contribution in [3.63, 3.8) is 0 Å². The third-order valence-corrected chi connectivity index (χ3v) is 6.14. The molecular weight excluding hydrogens is 410 g/mol. The lowest BCUT2D eigenvalue weighted by Crippen LogP contribution is -2.30. The Labute approximate surface area is 177 Å². The first kappa shape index (κ1) is 21.3. The Kier molecular flexibility index (Phi) is 7.24. The molecule has 0 radical (unpaired) electrons. The molecule has 2 aromatic rings. The first-order valence-corrected chi connectivity index (χ1v) is 11.1. The molecule has 0 atom stereocenters. The molecule has 0 aliphatic carbocycles. The maximum atomic E-state index is 13.0. The highest BCUT2D eigenvalue weighted by Gasteiger charge is 2.39. The molecule has 0 spiro atoms. The number of aliphatic hydroxyl groups is 1. The van der Waals surface area contributed by atoms with Crippen LogP contribution in [0.25, 0.3) is 5.57 Å². The summed E-state index contributed by atoms with van der Waals surface area (Å²) >= 11 is 2.59. The predicted octanol–water partition coefficient (Wildman–Crippen LogP) is 3.32. The Morgan fingerprint density at radius 1 is 1.17 bits per heavy atom. The van der Waals surface area contributed by atoms with Crippen molar-refractivity contribution in [3.05, 3.63) is 62.7 Å². The highest BCUT2D eigenvalue weighted by molar-refractivity contribution is 8.04. The summed E-state index contributed by atoms with van der Waals surface area (Å²) in [6.07, 6.45) is 0.749. The van der Waals surface area contributed by atoms with Crippen LogP contribution in [0.15, 0.2) is 46.7 Å². The minimum Gasteiger partial charge on any atom is -0.462 e. The number of nitrogens with zero attached hydrogens (tertiary/aromatic N) is 1. The van der Waals surface area contributed by atoms with E-state index in [4.69, 9.17) is 9.84 Å². The van der Waals surface area contributed by atoms with E-state index in [0.717, 1.165) is 16.9 Å². The van der Waals surface area contributed by atoms with Crippen molar-refractivity contribution >= 4 is 46.5 Å². The molecule has 2 heterocycles. The van der Waals surface area contributed by atoms with Crippen LogP contribution in [0.3, 0.4) is 0 Å². The number of benzene rings is 1. The standard InChI is InChI=1S/C21H21NO5S2/c1-2-10-27-21(26)15-7-5-14(6-8-15)13-22-19(24)17(16-4-3-11-28-16)18(20(22)25)29-12-9-23/h3-8,11,23H,2,9-10,12-13H2,1H3. The van der Waals surface area contributed by atoms with Crippen molar-refractivity contribution in [1.82, 2.24) is 4.90 Å². The molecule has 0 bridgehead atoms. The number of thioether (sulfide) groups is 1. The first-order chi connectivity index (χ1) is 14.1. The minimum absolute atomic E-state index is 0.0804. The van der Waals surface area contributed by atoms with Gasteiger partial charge in [0.25, 0.3) is 11.8 Å². The number of thiophene rings is 1. The van der Waals surface area contributed by atoms with Crippen LogP contribution in [0.1, 0.15) is 34.1 Å². The zero-order chi connectivity index (χ0) is 20.8. The number of ether oxygens (including phenoxy) is 1. The summed E-state index contributed by atoms with van der Waals surface area (Å²) < 4.78 is 5.11. The van der Waals surface area contributed by atoms with Gasteiger partial charge in [-0.3, -0.25) is 14.5 Å². The molecule has 1 aromatic heterocycles. The second kappa shape index (κ2) is 9.87. The SMILES string of the molecule is CCCOC(=O)c1ccc(CN2C(=O)C(SCCO)=C(c3cccs3)C2=O)cc1. The first-order valence-electron chi connectivity index (χ1n) is 9.20. The van der Waals surface area contributed by atoms with E-state index in [0.29, 0.717) is 28.4 Å². The third kappa shape index (κ3) is 4.77. The van der Waals surface area contributed by atoms with Gasteiger partial charge in [-0.2, -0.15) is 0 Å². The number of hydrogen-bond acceptors (Lipinski definition) is 7. The Balaban J connectivity index is 1.77. The molecule has 0 fully saturated rings. The number of amides is 2. The van der Waals surface area contributed by atoms with Crippen LogP contribution in [0.4, 0.5) is 0 Å². The number of carbonyl (C=O) groups is 3. The smallest absolute Gasteiger partial charge is 0.338 e. The fourth-order valence-electron chi connectivity index (χ4n) is 2.82. The van der Waals surface area contributed by atoms with Gasteiger partial charge in [-0.25, -0.2) is 4.79 Å². The van der Waals surface area contributed by atoms with Crippen molar-refractivity contribution < 1.29 is 24.2 Å². The Hall–Kier alpha value is -2.42. The quantitative estimate of drug-likeness (QED) is 0.484. The van der Waals surface area contributed by atoms with E-state index < -0.39 is 5.97 Å². The van der Waals surface area contributed by atoms with E-state index in [9.17, 15) is 14.4 Å². The molecule has 2 amide bonds. The van der Waals surface area contributed by atoms with E-state index in [-0.39, 0.29) is 25.0 Å². The predicted molar refractivity (Wildman–Crippen MR) is 113 cm³/mol. The number of imide groups is 1. The fourth-order valence-corrected chi connectivity index (χ4v) is 4.53. The largest absolute Gasteiger partial charge is 0.462 e. The van der Waals surface area contributed by atoms with Gasteiger partial charge in [-0.05, 0) is 35.6 Å². The Bertz CT molecular complexity index is 919. The summed E-state index contributed by atoms with van der Waals surface area (Å²) in [6, 6.07) is 10.3. The maximum Gasteiger partial charge on any atom is 0.338 e. The zero-order valence-electron chi connectivity index (χ0n) is 15.9. The van der Waals surface area contributed by atoms with Gasteiger partial charge in [-0.1, -0.05) is 25.1 Å². The molecule has 0 saturated carbocycles. The summed E-state index contributed by atoms with van der Waals surface area (Å²) in [5, 5.41) is 11.0. The van der Waals surface area contributed by atoms with Crippen molar-refractivity contribution in [2.24, 2.45) is 0 Å². The van der Waals surface area contributed by atoms with Gasteiger partial charge < -0.3 is 9.84 Å². The molecule has 8 heteroatoms. The average Bonchev–Trinajstić information content (AvgIpc) is 3.33. The average molecular weight is 432 g/mol. The van der Waals surface area contributed by atoms with Crippen LogP contribution in [0, 0.1) is 0 Å². The molecule has 6 nitrogen and oxygen atoms in total. The molecule has 1 N–H and O–H groups in total. The Morgan fingerprint density at radius 2 is 1.93 bits per heavy atom. The number of carbonyl (C=O) groups excluding carboxylic acids is 3. The summed E-state index contributed by atoms with van der Waals surface area (Å²) in [5.74, 6) is -0.755. The summed E-state index contributed by atoms with van der Waals surface area (Å²) in [5.41, 5.74) is 1.55. The summed E-state index contributed by atoms with van der Waals surface area (Å²) in [6.45, 7) is 2.32. The lowest BCUT2D eigenvalue weighted by molar-refractivity contribution is -0.137. The minimum atomic E-state index is -0.393. The molecule has 29 heavy (non-hydrogen) atoms. The monoisotopic (exact) mass is 431 g/mol. The number of esters is 1.